The normalized spacial score (nSPS) is 10.9. The number of hydrazone groups is 1. The molecular formula is C27H22ClN3O3. The summed E-state index contributed by atoms with van der Waals surface area (Å²) in [5.74, 6) is -1.14. The molecule has 0 heterocycles. The number of carbonyl (C=O) groups is 2. The number of amides is 2. The molecule has 4 aromatic carbocycles. The van der Waals surface area contributed by atoms with E-state index >= 15 is 0 Å². The molecule has 0 bridgehead atoms. The van der Waals surface area contributed by atoms with Crippen LogP contribution in [0.5, 0.6) is 5.75 Å². The van der Waals surface area contributed by atoms with E-state index in [4.69, 9.17) is 16.3 Å². The van der Waals surface area contributed by atoms with Gasteiger partial charge in [-0.05, 0) is 47.0 Å². The van der Waals surface area contributed by atoms with Crippen molar-refractivity contribution in [3.05, 3.63) is 107 Å². The van der Waals surface area contributed by atoms with Crippen molar-refractivity contribution in [3.63, 3.8) is 0 Å². The lowest BCUT2D eigenvalue weighted by atomic mass is 10.0. The highest BCUT2D eigenvalue weighted by atomic mass is 35.5. The number of hydrogen-bond acceptors (Lipinski definition) is 4. The van der Waals surface area contributed by atoms with E-state index in [2.05, 4.69) is 15.8 Å². The Morgan fingerprint density at radius 3 is 2.50 bits per heavy atom. The molecule has 0 aliphatic rings. The summed E-state index contributed by atoms with van der Waals surface area (Å²) >= 11 is 6.07. The van der Waals surface area contributed by atoms with E-state index in [1.807, 2.05) is 66.7 Å². The minimum Gasteiger partial charge on any atom is -0.488 e. The predicted octanol–water partition coefficient (Wildman–Crippen LogP) is 5.47. The molecule has 0 aliphatic heterocycles. The minimum atomic E-state index is -0.900. The number of halogens is 1. The number of nitrogens with one attached hydrogen (secondary N) is 2. The molecule has 2 amide bonds. The fourth-order valence-electron chi connectivity index (χ4n) is 3.40. The van der Waals surface area contributed by atoms with Crippen molar-refractivity contribution in [2.45, 2.75) is 13.5 Å². The monoisotopic (exact) mass is 471 g/mol. The van der Waals surface area contributed by atoms with Gasteiger partial charge in [0.2, 0.25) is 0 Å². The molecule has 0 radical (unpaired) electrons. The van der Waals surface area contributed by atoms with Crippen LogP contribution in [0.25, 0.3) is 10.8 Å². The average molecular weight is 472 g/mol. The number of carbonyl (C=O) groups excluding carboxylic acids is 2. The predicted molar refractivity (Wildman–Crippen MR) is 135 cm³/mol. The molecule has 7 heteroatoms. The van der Waals surface area contributed by atoms with Crippen LogP contribution in [0, 0.1) is 6.92 Å². The van der Waals surface area contributed by atoms with E-state index in [0.29, 0.717) is 34.2 Å². The fraction of sp³-hybridized carbons (Fsp3) is 0.0741. The number of rotatable bonds is 6. The Balaban J connectivity index is 1.50. The molecule has 34 heavy (non-hydrogen) atoms. The van der Waals surface area contributed by atoms with Gasteiger partial charge in [0.15, 0.2) is 0 Å². The summed E-state index contributed by atoms with van der Waals surface area (Å²) in [7, 11) is 0. The molecular weight excluding hydrogens is 450 g/mol. The number of fused-ring (bicyclic) bond motifs is 1. The summed E-state index contributed by atoms with van der Waals surface area (Å²) in [6.07, 6.45) is 1.48. The van der Waals surface area contributed by atoms with Gasteiger partial charge in [0.1, 0.15) is 12.4 Å². The third-order valence-electron chi connectivity index (χ3n) is 5.25. The van der Waals surface area contributed by atoms with Crippen molar-refractivity contribution < 1.29 is 14.3 Å². The van der Waals surface area contributed by atoms with Crippen LogP contribution < -0.4 is 15.5 Å². The molecule has 4 rings (SSSR count). The molecule has 6 nitrogen and oxygen atoms in total. The van der Waals surface area contributed by atoms with Crippen molar-refractivity contribution in [2.24, 2.45) is 5.10 Å². The van der Waals surface area contributed by atoms with Gasteiger partial charge in [0, 0.05) is 16.3 Å². The summed E-state index contributed by atoms with van der Waals surface area (Å²) in [4.78, 5) is 24.6. The lowest BCUT2D eigenvalue weighted by Gasteiger charge is -2.12. The highest BCUT2D eigenvalue weighted by Gasteiger charge is 2.15. The zero-order valence-electron chi connectivity index (χ0n) is 18.4. The second kappa shape index (κ2) is 10.6. The number of ether oxygens (including phenoxy) is 1. The first-order valence-corrected chi connectivity index (χ1v) is 11.0. The summed E-state index contributed by atoms with van der Waals surface area (Å²) in [5.41, 5.74) is 5.13. The highest BCUT2D eigenvalue weighted by molar-refractivity contribution is 6.40. The molecule has 0 aromatic heterocycles. The summed E-state index contributed by atoms with van der Waals surface area (Å²) < 4.78 is 6.04. The molecule has 0 saturated heterocycles. The average Bonchev–Trinajstić information content (AvgIpc) is 2.86. The first kappa shape index (κ1) is 23.0. The smallest absolute Gasteiger partial charge is 0.329 e. The van der Waals surface area contributed by atoms with Gasteiger partial charge in [-0.15, -0.1) is 0 Å². The van der Waals surface area contributed by atoms with E-state index in [-0.39, 0.29) is 0 Å². The van der Waals surface area contributed by atoms with Gasteiger partial charge >= 0.3 is 11.8 Å². The van der Waals surface area contributed by atoms with Gasteiger partial charge in [-0.2, -0.15) is 5.10 Å². The molecule has 170 valence electrons. The lowest BCUT2D eigenvalue weighted by molar-refractivity contribution is -0.136. The minimum absolute atomic E-state index is 0.383. The Bertz CT molecular complexity index is 1370. The number of hydrogen-bond donors (Lipinski definition) is 2. The molecule has 0 atom stereocenters. The topological polar surface area (TPSA) is 79.8 Å². The van der Waals surface area contributed by atoms with E-state index in [0.717, 1.165) is 16.3 Å². The van der Waals surface area contributed by atoms with E-state index < -0.39 is 11.8 Å². The van der Waals surface area contributed by atoms with Gasteiger partial charge in [0.25, 0.3) is 0 Å². The lowest BCUT2D eigenvalue weighted by Crippen LogP contribution is -2.32. The standard InChI is InChI=1S/C27H22ClN3O3/c1-18-23(28)12-7-13-24(18)30-26(32)27(33)31-29-16-22-21-11-6-5-10-20(21)14-15-25(22)34-17-19-8-3-2-4-9-19/h2-16H,17H2,1H3,(H,30,32)(H,31,33)/b29-16-. The molecule has 2 N–H and O–H groups in total. The number of nitrogens with zero attached hydrogens (tertiary/aromatic N) is 1. The first-order valence-electron chi connectivity index (χ1n) is 10.6. The van der Waals surface area contributed by atoms with Crippen LogP contribution in [0.1, 0.15) is 16.7 Å². The van der Waals surface area contributed by atoms with E-state index in [1.54, 1.807) is 25.1 Å². The Kier molecular flexibility index (Phi) is 7.20. The molecule has 0 saturated carbocycles. The molecule has 0 aliphatic carbocycles. The van der Waals surface area contributed by atoms with Crippen LogP contribution in [0.3, 0.4) is 0 Å². The maximum atomic E-state index is 12.3. The van der Waals surface area contributed by atoms with Gasteiger partial charge in [-0.3, -0.25) is 9.59 Å². The van der Waals surface area contributed by atoms with Crippen LogP contribution in [0.15, 0.2) is 90.0 Å². The van der Waals surface area contributed by atoms with Gasteiger partial charge in [-0.25, -0.2) is 5.43 Å². The molecule has 0 spiro atoms. The van der Waals surface area contributed by atoms with Crippen molar-refractivity contribution in [2.75, 3.05) is 5.32 Å². The quantitative estimate of drug-likeness (QED) is 0.222. The summed E-state index contributed by atoms with van der Waals surface area (Å²) in [5, 5.41) is 8.96. The second-order valence-corrected chi connectivity index (χ2v) is 7.95. The third kappa shape index (κ3) is 5.42. The Morgan fingerprint density at radius 1 is 0.912 bits per heavy atom. The van der Waals surface area contributed by atoms with E-state index in [9.17, 15) is 9.59 Å². The summed E-state index contributed by atoms with van der Waals surface area (Å²) in [6.45, 7) is 2.14. The second-order valence-electron chi connectivity index (χ2n) is 7.54. The van der Waals surface area contributed by atoms with Crippen molar-refractivity contribution >= 4 is 46.1 Å². The Labute approximate surface area is 202 Å². The first-order chi connectivity index (χ1) is 16.5. The van der Waals surface area contributed by atoms with Gasteiger partial charge < -0.3 is 10.1 Å². The van der Waals surface area contributed by atoms with Crippen LogP contribution in [0.2, 0.25) is 5.02 Å². The zero-order chi connectivity index (χ0) is 23.9. The molecule has 4 aromatic rings. The Hall–Kier alpha value is -4.16. The van der Waals surface area contributed by atoms with Crippen molar-refractivity contribution in [1.82, 2.24) is 5.43 Å². The fourth-order valence-corrected chi connectivity index (χ4v) is 3.57. The van der Waals surface area contributed by atoms with Crippen LogP contribution in [-0.4, -0.2) is 18.0 Å². The Morgan fingerprint density at radius 2 is 1.68 bits per heavy atom. The maximum absolute atomic E-state index is 12.3. The highest BCUT2D eigenvalue weighted by Crippen LogP contribution is 2.27. The largest absolute Gasteiger partial charge is 0.488 e. The van der Waals surface area contributed by atoms with Gasteiger partial charge in [0.05, 0.1) is 6.21 Å². The van der Waals surface area contributed by atoms with Crippen molar-refractivity contribution in [3.8, 4) is 5.75 Å². The zero-order valence-corrected chi connectivity index (χ0v) is 19.2. The summed E-state index contributed by atoms with van der Waals surface area (Å²) in [6, 6.07) is 26.5. The van der Waals surface area contributed by atoms with Crippen molar-refractivity contribution in [1.29, 1.82) is 0 Å². The molecule has 0 fully saturated rings. The van der Waals surface area contributed by atoms with E-state index in [1.165, 1.54) is 6.21 Å². The maximum Gasteiger partial charge on any atom is 0.329 e. The number of benzene rings is 4. The molecule has 0 unspecified atom stereocenters. The van der Waals surface area contributed by atoms with Crippen LogP contribution in [0.4, 0.5) is 5.69 Å². The van der Waals surface area contributed by atoms with Crippen LogP contribution in [-0.2, 0) is 16.2 Å². The SMILES string of the molecule is Cc1c(Cl)cccc1NC(=O)C(=O)N/N=C\c1c(OCc2ccccc2)ccc2ccccc12. The number of anilines is 1. The van der Waals surface area contributed by atoms with Gasteiger partial charge in [-0.1, -0.05) is 78.3 Å². The van der Waals surface area contributed by atoms with Crippen LogP contribution >= 0.6 is 11.6 Å². The third-order valence-corrected chi connectivity index (χ3v) is 5.66.